The fraction of sp³-hybridized carbons (Fsp3) is 0.300. The molecule has 0 bridgehead atoms. The number of carbonyl (C=O) groups excluding carboxylic acids is 1. The van der Waals surface area contributed by atoms with Crippen LogP contribution in [0.5, 0.6) is 6.01 Å². The first-order valence-electron chi connectivity index (χ1n) is 4.95. The van der Waals surface area contributed by atoms with Crippen LogP contribution in [-0.4, -0.2) is 34.5 Å². The van der Waals surface area contributed by atoms with E-state index in [0.29, 0.717) is 0 Å². The van der Waals surface area contributed by atoms with E-state index < -0.39 is 11.7 Å². The molecule has 2 rings (SSSR count). The molecule has 0 spiro atoms. The van der Waals surface area contributed by atoms with Gasteiger partial charge in [0.2, 0.25) is 0 Å². The van der Waals surface area contributed by atoms with Gasteiger partial charge in [0.1, 0.15) is 23.8 Å². The lowest BCUT2D eigenvalue weighted by Gasteiger charge is -2.03. The fourth-order valence-corrected chi connectivity index (χ4v) is 1.51. The van der Waals surface area contributed by atoms with Crippen molar-refractivity contribution in [2.24, 2.45) is 7.05 Å². The largest absolute Gasteiger partial charge is 0.469 e. The number of carbonyl (C=O) groups is 1. The van der Waals surface area contributed by atoms with Gasteiger partial charge in [-0.3, -0.25) is 0 Å². The van der Waals surface area contributed by atoms with E-state index >= 15 is 0 Å². The van der Waals surface area contributed by atoms with Gasteiger partial charge in [-0.25, -0.2) is 18.8 Å². The number of hydrogen-bond acceptors (Lipinski definition) is 6. The molecule has 0 aliphatic carbocycles. The van der Waals surface area contributed by atoms with Crippen LogP contribution < -0.4 is 10.4 Å². The number of rotatable bonds is 3. The third kappa shape index (κ3) is 1.67. The van der Waals surface area contributed by atoms with Crippen molar-refractivity contribution in [2.45, 2.75) is 0 Å². The zero-order chi connectivity index (χ0) is 13.3. The zero-order valence-corrected chi connectivity index (χ0v) is 10.0. The number of ether oxygens (including phenoxy) is 2. The summed E-state index contributed by atoms with van der Waals surface area (Å²) in [5, 5.41) is 3.86. The maximum Gasteiger partial charge on any atom is 0.353 e. The van der Waals surface area contributed by atoms with Crippen LogP contribution in [0, 0.1) is 0 Å². The number of esters is 1. The molecule has 0 amide bonds. The molecule has 18 heavy (non-hydrogen) atoms. The molecule has 8 nitrogen and oxygen atoms in total. The Labute approximate surface area is 101 Å². The fourth-order valence-electron chi connectivity index (χ4n) is 1.51. The van der Waals surface area contributed by atoms with Crippen molar-refractivity contribution in [3.8, 4) is 11.7 Å². The average Bonchev–Trinajstić information content (AvgIpc) is 2.94. The standard InChI is InChI=1S/C10H11N3O5/c1-12-10(15)13(9(11-12)17-3)7-5-18-4-6(7)8(14)16-2/h4-5H,1-3H3. The number of furan rings is 1. The summed E-state index contributed by atoms with van der Waals surface area (Å²) in [6.45, 7) is 0. The summed E-state index contributed by atoms with van der Waals surface area (Å²) in [6.07, 6.45) is 2.44. The molecule has 2 heterocycles. The Kier molecular flexibility index (Phi) is 2.92. The first kappa shape index (κ1) is 12.0. The van der Waals surface area contributed by atoms with Gasteiger partial charge in [-0.2, -0.15) is 0 Å². The minimum atomic E-state index is -0.614. The molecule has 0 fully saturated rings. The van der Waals surface area contributed by atoms with Crippen LogP contribution in [0.3, 0.4) is 0 Å². The van der Waals surface area contributed by atoms with E-state index in [4.69, 9.17) is 9.15 Å². The average molecular weight is 253 g/mol. The molecule has 0 N–H and O–H groups in total. The summed E-state index contributed by atoms with van der Waals surface area (Å²) in [4.78, 5) is 23.4. The molecule has 96 valence electrons. The van der Waals surface area contributed by atoms with Gasteiger partial charge in [0.25, 0.3) is 0 Å². The smallest absolute Gasteiger partial charge is 0.353 e. The molecule has 0 aromatic carbocycles. The van der Waals surface area contributed by atoms with Gasteiger partial charge in [0.15, 0.2) is 0 Å². The molecule has 0 atom stereocenters. The number of nitrogens with zero attached hydrogens (tertiary/aromatic N) is 3. The van der Waals surface area contributed by atoms with E-state index in [1.54, 1.807) is 0 Å². The third-order valence-corrected chi connectivity index (χ3v) is 2.37. The summed E-state index contributed by atoms with van der Waals surface area (Å²) >= 11 is 0. The van der Waals surface area contributed by atoms with Crippen molar-refractivity contribution in [2.75, 3.05) is 14.2 Å². The predicted molar refractivity (Wildman–Crippen MR) is 59.0 cm³/mol. The summed E-state index contributed by atoms with van der Waals surface area (Å²) in [5.74, 6) is -0.614. The highest BCUT2D eigenvalue weighted by Crippen LogP contribution is 2.19. The van der Waals surface area contributed by atoms with Crippen LogP contribution in [0.4, 0.5) is 0 Å². The van der Waals surface area contributed by atoms with Gasteiger partial charge in [-0.1, -0.05) is 0 Å². The maximum absolute atomic E-state index is 11.9. The van der Waals surface area contributed by atoms with Crippen LogP contribution >= 0.6 is 0 Å². The molecule has 0 aliphatic rings. The number of methoxy groups -OCH3 is 2. The summed E-state index contributed by atoms with van der Waals surface area (Å²) in [7, 11) is 4.08. The second-order valence-corrected chi connectivity index (χ2v) is 3.39. The highest BCUT2D eigenvalue weighted by atomic mass is 16.5. The minimum absolute atomic E-state index is 0.0500. The van der Waals surface area contributed by atoms with E-state index in [2.05, 4.69) is 9.84 Å². The van der Waals surface area contributed by atoms with Crippen LogP contribution in [0.25, 0.3) is 5.69 Å². The lowest BCUT2D eigenvalue weighted by atomic mass is 10.3. The quantitative estimate of drug-likeness (QED) is 0.713. The van der Waals surface area contributed by atoms with Gasteiger partial charge >= 0.3 is 17.7 Å². The summed E-state index contributed by atoms with van der Waals surface area (Å²) in [5.41, 5.74) is -0.124. The van der Waals surface area contributed by atoms with Crippen LogP contribution in [0.1, 0.15) is 10.4 Å². The van der Waals surface area contributed by atoms with Crippen molar-refractivity contribution in [1.82, 2.24) is 14.3 Å². The zero-order valence-electron chi connectivity index (χ0n) is 10.0. The Hall–Kier alpha value is -2.51. The Morgan fingerprint density at radius 2 is 2.11 bits per heavy atom. The Bertz CT molecular complexity index is 636. The molecule has 2 aromatic rings. The van der Waals surface area contributed by atoms with Gasteiger partial charge in [-0.15, -0.1) is 5.10 Å². The van der Waals surface area contributed by atoms with Crippen molar-refractivity contribution >= 4 is 5.97 Å². The van der Waals surface area contributed by atoms with E-state index in [1.165, 1.54) is 33.8 Å². The molecular weight excluding hydrogens is 242 g/mol. The second kappa shape index (κ2) is 4.40. The minimum Gasteiger partial charge on any atom is -0.469 e. The second-order valence-electron chi connectivity index (χ2n) is 3.39. The van der Waals surface area contributed by atoms with E-state index in [-0.39, 0.29) is 17.3 Å². The van der Waals surface area contributed by atoms with E-state index in [0.717, 1.165) is 9.25 Å². The molecule has 0 radical (unpaired) electrons. The van der Waals surface area contributed by atoms with E-state index in [1.807, 2.05) is 0 Å². The van der Waals surface area contributed by atoms with Crippen molar-refractivity contribution in [3.63, 3.8) is 0 Å². The first-order valence-corrected chi connectivity index (χ1v) is 4.95. The van der Waals surface area contributed by atoms with Gasteiger partial charge in [-0.05, 0) is 0 Å². The SMILES string of the molecule is COC(=O)c1cocc1-n1c(OC)nn(C)c1=O. The van der Waals surface area contributed by atoms with Crippen LogP contribution in [-0.2, 0) is 11.8 Å². The lowest BCUT2D eigenvalue weighted by molar-refractivity contribution is 0.0600. The summed E-state index contributed by atoms with van der Waals surface area (Å²) in [6, 6.07) is 0.0500. The lowest BCUT2D eigenvalue weighted by Crippen LogP contribution is -2.22. The number of aryl methyl sites for hydroxylation is 1. The topological polar surface area (TPSA) is 88.5 Å². The predicted octanol–water partition coefficient (Wildman–Crippen LogP) is -0.0408. The highest BCUT2D eigenvalue weighted by Gasteiger charge is 2.22. The molecule has 2 aromatic heterocycles. The van der Waals surface area contributed by atoms with Crippen molar-refractivity contribution in [1.29, 1.82) is 0 Å². The maximum atomic E-state index is 11.9. The molecule has 0 unspecified atom stereocenters. The van der Waals surface area contributed by atoms with Gasteiger partial charge in [0, 0.05) is 7.05 Å². The Balaban J connectivity index is 2.66. The van der Waals surface area contributed by atoms with Crippen LogP contribution in [0.2, 0.25) is 0 Å². The highest BCUT2D eigenvalue weighted by molar-refractivity contribution is 5.93. The monoisotopic (exact) mass is 253 g/mol. The van der Waals surface area contributed by atoms with Crippen LogP contribution in [0.15, 0.2) is 21.7 Å². The van der Waals surface area contributed by atoms with E-state index in [9.17, 15) is 9.59 Å². The molecule has 0 aliphatic heterocycles. The van der Waals surface area contributed by atoms with Gasteiger partial charge < -0.3 is 13.9 Å². The number of aromatic nitrogens is 3. The number of hydrogen-bond donors (Lipinski definition) is 0. The Morgan fingerprint density at radius 1 is 1.39 bits per heavy atom. The molecular formula is C10H11N3O5. The van der Waals surface area contributed by atoms with Crippen molar-refractivity contribution < 1.29 is 18.7 Å². The molecule has 8 heteroatoms. The normalized spacial score (nSPS) is 10.4. The third-order valence-electron chi connectivity index (χ3n) is 2.37. The first-order chi connectivity index (χ1) is 8.60. The Morgan fingerprint density at radius 3 is 2.72 bits per heavy atom. The molecule has 0 saturated carbocycles. The summed E-state index contributed by atoms with van der Waals surface area (Å²) < 4.78 is 16.7. The van der Waals surface area contributed by atoms with Crippen molar-refractivity contribution in [3.05, 3.63) is 28.6 Å². The van der Waals surface area contributed by atoms with Gasteiger partial charge in [0.05, 0.1) is 14.2 Å². The molecule has 0 saturated heterocycles.